The highest BCUT2D eigenvalue weighted by molar-refractivity contribution is 5.36. The molecule has 0 heterocycles. The summed E-state index contributed by atoms with van der Waals surface area (Å²) in [6, 6.07) is 9.03. The molecule has 0 spiro atoms. The fraction of sp³-hybridized carbons (Fsp3) is 0.571. The molecule has 3 heteroatoms. The van der Waals surface area contributed by atoms with Crippen molar-refractivity contribution in [1.82, 2.24) is 10.2 Å². The van der Waals surface area contributed by atoms with E-state index in [0.29, 0.717) is 12.1 Å². The van der Waals surface area contributed by atoms with Crippen LogP contribution in [0.4, 0.5) is 0 Å². The third-order valence-corrected chi connectivity index (χ3v) is 2.84. The van der Waals surface area contributed by atoms with Gasteiger partial charge in [-0.2, -0.15) is 0 Å². The zero-order valence-electron chi connectivity index (χ0n) is 11.5. The van der Waals surface area contributed by atoms with Crippen molar-refractivity contribution < 1.29 is 4.74 Å². The molecule has 1 atom stereocenters. The van der Waals surface area contributed by atoms with Crippen LogP contribution < -0.4 is 10.1 Å². The summed E-state index contributed by atoms with van der Waals surface area (Å²) >= 11 is 0. The topological polar surface area (TPSA) is 24.5 Å². The fourth-order valence-corrected chi connectivity index (χ4v) is 1.86. The minimum absolute atomic E-state index is 0.327. The van der Waals surface area contributed by atoms with Gasteiger partial charge in [-0.05, 0) is 20.2 Å². The maximum absolute atomic E-state index is 5.43. The SMILES string of the molecule is COc1ccccc1C(CNC(C)C)N(C)C. The molecule has 0 aromatic heterocycles. The quantitative estimate of drug-likeness (QED) is 0.820. The summed E-state index contributed by atoms with van der Waals surface area (Å²) in [4.78, 5) is 2.22. The number of nitrogens with one attached hydrogen (secondary N) is 1. The highest BCUT2D eigenvalue weighted by Crippen LogP contribution is 2.27. The molecule has 1 rings (SSSR count). The van der Waals surface area contributed by atoms with Crippen LogP contribution in [0, 0.1) is 0 Å². The monoisotopic (exact) mass is 236 g/mol. The maximum atomic E-state index is 5.43. The van der Waals surface area contributed by atoms with Crippen molar-refractivity contribution in [3.63, 3.8) is 0 Å². The fourth-order valence-electron chi connectivity index (χ4n) is 1.86. The van der Waals surface area contributed by atoms with Gasteiger partial charge in [-0.1, -0.05) is 32.0 Å². The van der Waals surface area contributed by atoms with Crippen molar-refractivity contribution in [1.29, 1.82) is 0 Å². The largest absolute Gasteiger partial charge is 0.496 e. The zero-order valence-corrected chi connectivity index (χ0v) is 11.5. The van der Waals surface area contributed by atoms with Crippen molar-refractivity contribution in [3.8, 4) is 5.75 Å². The molecule has 0 fully saturated rings. The smallest absolute Gasteiger partial charge is 0.123 e. The first kappa shape index (κ1) is 14.0. The number of ether oxygens (including phenoxy) is 1. The normalized spacial score (nSPS) is 13.1. The van der Waals surface area contributed by atoms with E-state index in [1.54, 1.807) is 7.11 Å². The molecule has 1 aromatic carbocycles. The Bertz CT molecular complexity index is 337. The highest BCUT2D eigenvalue weighted by Gasteiger charge is 2.17. The van der Waals surface area contributed by atoms with Gasteiger partial charge in [0.25, 0.3) is 0 Å². The Kier molecular flexibility index (Phi) is 5.45. The van der Waals surface area contributed by atoms with Crippen molar-refractivity contribution >= 4 is 0 Å². The van der Waals surface area contributed by atoms with Crippen LogP contribution in [-0.2, 0) is 0 Å². The van der Waals surface area contributed by atoms with Crippen LogP contribution in [0.3, 0.4) is 0 Å². The summed E-state index contributed by atoms with van der Waals surface area (Å²) in [5.74, 6) is 0.955. The molecule has 0 bridgehead atoms. The molecular weight excluding hydrogens is 212 g/mol. The number of para-hydroxylation sites is 1. The summed E-state index contributed by atoms with van der Waals surface area (Å²) in [6.45, 7) is 5.24. The van der Waals surface area contributed by atoms with E-state index >= 15 is 0 Å². The Balaban J connectivity index is 2.89. The maximum Gasteiger partial charge on any atom is 0.123 e. The third-order valence-electron chi connectivity index (χ3n) is 2.84. The number of likely N-dealkylation sites (N-methyl/N-ethyl adjacent to an activating group) is 1. The van der Waals surface area contributed by atoms with Crippen LogP contribution in [0.1, 0.15) is 25.5 Å². The van der Waals surface area contributed by atoms with Gasteiger partial charge in [-0.25, -0.2) is 0 Å². The summed E-state index contributed by atoms with van der Waals surface area (Å²) < 4.78 is 5.43. The predicted octanol–water partition coefficient (Wildman–Crippen LogP) is 2.30. The van der Waals surface area contributed by atoms with Crippen LogP contribution in [0.5, 0.6) is 5.75 Å². The van der Waals surface area contributed by atoms with E-state index in [2.05, 4.69) is 50.3 Å². The lowest BCUT2D eigenvalue weighted by atomic mass is 10.0. The van der Waals surface area contributed by atoms with E-state index in [4.69, 9.17) is 4.74 Å². The number of rotatable bonds is 6. The molecule has 0 radical (unpaired) electrons. The van der Waals surface area contributed by atoms with Gasteiger partial charge in [0, 0.05) is 18.2 Å². The highest BCUT2D eigenvalue weighted by atomic mass is 16.5. The molecule has 3 nitrogen and oxygen atoms in total. The molecule has 0 amide bonds. The van der Waals surface area contributed by atoms with Crippen molar-refractivity contribution in [3.05, 3.63) is 29.8 Å². The van der Waals surface area contributed by atoms with Gasteiger partial charge in [0.2, 0.25) is 0 Å². The Morgan fingerprint density at radius 2 is 1.88 bits per heavy atom. The van der Waals surface area contributed by atoms with Gasteiger partial charge in [0.15, 0.2) is 0 Å². The minimum Gasteiger partial charge on any atom is -0.496 e. The molecule has 17 heavy (non-hydrogen) atoms. The molecule has 0 aliphatic heterocycles. The first-order valence-electron chi connectivity index (χ1n) is 6.09. The second-order valence-corrected chi connectivity index (χ2v) is 4.78. The number of benzene rings is 1. The molecular formula is C14H24N2O. The second kappa shape index (κ2) is 6.62. The first-order chi connectivity index (χ1) is 8.06. The first-order valence-corrected chi connectivity index (χ1v) is 6.09. The Hall–Kier alpha value is -1.06. The van der Waals surface area contributed by atoms with Crippen LogP contribution in [0.15, 0.2) is 24.3 Å². The van der Waals surface area contributed by atoms with E-state index < -0.39 is 0 Å². The van der Waals surface area contributed by atoms with E-state index in [-0.39, 0.29) is 0 Å². The number of hydrogen-bond donors (Lipinski definition) is 1. The van der Waals surface area contributed by atoms with Crippen LogP contribution >= 0.6 is 0 Å². The average molecular weight is 236 g/mol. The van der Waals surface area contributed by atoms with Gasteiger partial charge in [-0.3, -0.25) is 0 Å². The third kappa shape index (κ3) is 4.02. The molecule has 0 saturated carbocycles. The molecule has 96 valence electrons. The molecule has 1 aromatic rings. The lowest BCUT2D eigenvalue weighted by Gasteiger charge is -2.27. The van der Waals surface area contributed by atoms with Crippen LogP contribution in [0.25, 0.3) is 0 Å². The second-order valence-electron chi connectivity index (χ2n) is 4.78. The van der Waals surface area contributed by atoms with Crippen molar-refractivity contribution in [2.45, 2.75) is 25.9 Å². The standard InChI is InChI=1S/C14H24N2O/c1-11(2)15-10-13(16(3)4)12-8-6-7-9-14(12)17-5/h6-9,11,13,15H,10H2,1-5H3. The van der Waals surface area contributed by atoms with E-state index in [0.717, 1.165) is 12.3 Å². The van der Waals surface area contributed by atoms with Gasteiger partial charge in [0.1, 0.15) is 5.75 Å². The molecule has 0 aliphatic carbocycles. The minimum atomic E-state index is 0.327. The summed E-state index contributed by atoms with van der Waals surface area (Å²) in [5.41, 5.74) is 1.23. The lowest BCUT2D eigenvalue weighted by molar-refractivity contribution is 0.274. The van der Waals surface area contributed by atoms with E-state index in [9.17, 15) is 0 Å². The van der Waals surface area contributed by atoms with Crippen molar-refractivity contribution in [2.24, 2.45) is 0 Å². The van der Waals surface area contributed by atoms with Gasteiger partial charge >= 0.3 is 0 Å². The molecule has 1 N–H and O–H groups in total. The Morgan fingerprint density at radius 1 is 1.24 bits per heavy atom. The van der Waals surface area contributed by atoms with Gasteiger partial charge in [0.05, 0.1) is 13.2 Å². The van der Waals surface area contributed by atoms with E-state index in [1.165, 1.54) is 5.56 Å². The predicted molar refractivity (Wildman–Crippen MR) is 72.6 cm³/mol. The van der Waals surface area contributed by atoms with E-state index in [1.807, 2.05) is 12.1 Å². The van der Waals surface area contributed by atoms with Crippen LogP contribution in [-0.4, -0.2) is 38.7 Å². The zero-order chi connectivity index (χ0) is 12.8. The summed E-state index contributed by atoms with van der Waals surface area (Å²) in [6.07, 6.45) is 0. The van der Waals surface area contributed by atoms with Gasteiger partial charge < -0.3 is 15.0 Å². The van der Waals surface area contributed by atoms with Crippen molar-refractivity contribution in [2.75, 3.05) is 27.7 Å². The van der Waals surface area contributed by atoms with Gasteiger partial charge in [-0.15, -0.1) is 0 Å². The Labute approximate surface area is 105 Å². The summed E-state index contributed by atoms with van der Waals surface area (Å²) in [7, 11) is 5.92. The number of methoxy groups -OCH3 is 1. The van der Waals surface area contributed by atoms with Crippen LogP contribution in [0.2, 0.25) is 0 Å². The lowest BCUT2D eigenvalue weighted by Crippen LogP contribution is -2.34. The molecule has 1 unspecified atom stereocenters. The average Bonchev–Trinajstić information content (AvgIpc) is 2.29. The summed E-state index contributed by atoms with van der Waals surface area (Å²) in [5, 5.41) is 3.48. The molecule has 0 aliphatic rings. The molecule has 0 saturated heterocycles. The number of nitrogens with zero attached hydrogens (tertiary/aromatic N) is 1. The Morgan fingerprint density at radius 3 is 2.41 bits per heavy atom. The number of hydrogen-bond acceptors (Lipinski definition) is 3.